The van der Waals surface area contributed by atoms with Crippen LogP contribution in [0.1, 0.15) is 18.4 Å². The van der Waals surface area contributed by atoms with Crippen LogP contribution in [-0.4, -0.2) is 48.3 Å². The SMILES string of the molecule is O=C(NC1CCN(c2cccnn2)CC1)C1(Cc2ccccc2F)CNC1. The summed E-state index contributed by atoms with van der Waals surface area (Å²) in [6.45, 7) is 2.85. The lowest BCUT2D eigenvalue weighted by atomic mass is 9.75. The highest BCUT2D eigenvalue weighted by atomic mass is 19.1. The van der Waals surface area contributed by atoms with E-state index in [0.717, 1.165) is 31.7 Å². The number of carbonyl (C=O) groups is 1. The molecule has 1 amide bonds. The van der Waals surface area contributed by atoms with Gasteiger partial charge in [0.1, 0.15) is 5.82 Å². The maximum absolute atomic E-state index is 14.0. The van der Waals surface area contributed by atoms with Crippen molar-refractivity contribution in [2.24, 2.45) is 5.41 Å². The number of hydrogen-bond acceptors (Lipinski definition) is 5. The van der Waals surface area contributed by atoms with Crippen LogP contribution in [0.25, 0.3) is 0 Å². The van der Waals surface area contributed by atoms with Crippen LogP contribution in [0.5, 0.6) is 0 Å². The largest absolute Gasteiger partial charge is 0.355 e. The summed E-state index contributed by atoms with van der Waals surface area (Å²) < 4.78 is 14.0. The molecule has 2 aliphatic rings. The minimum Gasteiger partial charge on any atom is -0.355 e. The standard InChI is InChI=1S/C20H24FN5O/c21-17-5-2-1-4-15(17)12-20(13-22-14-20)19(27)24-16-7-10-26(11-8-16)18-6-3-9-23-25-18/h1-6,9,16,22H,7-8,10-14H2,(H,24,27). The molecule has 1 aromatic carbocycles. The molecular weight excluding hydrogens is 345 g/mol. The van der Waals surface area contributed by atoms with Gasteiger partial charge in [-0.3, -0.25) is 4.79 Å². The van der Waals surface area contributed by atoms with Gasteiger partial charge in [0.2, 0.25) is 5.91 Å². The molecule has 0 radical (unpaired) electrons. The molecule has 0 spiro atoms. The first-order valence-corrected chi connectivity index (χ1v) is 9.44. The first kappa shape index (κ1) is 17.9. The molecule has 3 heterocycles. The molecule has 142 valence electrons. The molecule has 2 saturated heterocycles. The average molecular weight is 369 g/mol. The van der Waals surface area contributed by atoms with Gasteiger partial charge in [0, 0.05) is 38.4 Å². The number of benzene rings is 1. The number of aromatic nitrogens is 2. The third-order valence-corrected chi connectivity index (χ3v) is 5.61. The molecule has 0 saturated carbocycles. The third-order valence-electron chi connectivity index (χ3n) is 5.61. The maximum atomic E-state index is 14.0. The molecule has 2 fully saturated rings. The van der Waals surface area contributed by atoms with Gasteiger partial charge >= 0.3 is 0 Å². The van der Waals surface area contributed by atoms with E-state index < -0.39 is 5.41 Å². The molecule has 0 atom stereocenters. The summed E-state index contributed by atoms with van der Waals surface area (Å²) in [7, 11) is 0. The molecule has 0 aliphatic carbocycles. The lowest BCUT2D eigenvalue weighted by molar-refractivity contribution is -0.134. The molecule has 2 aromatic rings. The number of rotatable bonds is 5. The smallest absolute Gasteiger partial charge is 0.229 e. The zero-order chi connectivity index (χ0) is 18.7. The number of halogens is 1. The second kappa shape index (κ2) is 7.60. The Morgan fingerprint density at radius 1 is 1.22 bits per heavy atom. The van der Waals surface area contributed by atoms with E-state index in [9.17, 15) is 9.18 Å². The van der Waals surface area contributed by atoms with Crippen molar-refractivity contribution in [2.75, 3.05) is 31.1 Å². The van der Waals surface area contributed by atoms with E-state index in [-0.39, 0.29) is 17.8 Å². The molecule has 0 bridgehead atoms. The van der Waals surface area contributed by atoms with Crippen molar-refractivity contribution in [3.8, 4) is 0 Å². The van der Waals surface area contributed by atoms with Crippen molar-refractivity contribution < 1.29 is 9.18 Å². The van der Waals surface area contributed by atoms with Crippen molar-refractivity contribution in [1.29, 1.82) is 0 Å². The summed E-state index contributed by atoms with van der Waals surface area (Å²) in [5.41, 5.74) is 0.0520. The summed E-state index contributed by atoms with van der Waals surface area (Å²) in [5, 5.41) is 14.5. The van der Waals surface area contributed by atoms with Crippen molar-refractivity contribution in [3.63, 3.8) is 0 Å². The molecule has 7 heteroatoms. The van der Waals surface area contributed by atoms with Gasteiger partial charge in [0.25, 0.3) is 0 Å². The van der Waals surface area contributed by atoms with E-state index >= 15 is 0 Å². The molecule has 6 nitrogen and oxygen atoms in total. The van der Waals surface area contributed by atoms with E-state index in [0.29, 0.717) is 25.1 Å². The van der Waals surface area contributed by atoms with Crippen LogP contribution in [0.2, 0.25) is 0 Å². The number of nitrogens with one attached hydrogen (secondary N) is 2. The minimum absolute atomic E-state index is 0.0301. The number of anilines is 1. The summed E-state index contributed by atoms with van der Waals surface area (Å²) in [6, 6.07) is 10.7. The van der Waals surface area contributed by atoms with Crippen LogP contribution in [0.4, 0.5) is 10.2 Å². The predicted octanol–water partition coefficient (Wildman–Crippen LogP) is 1.53. The van der Waals surface area contributed by atoms with E-state index in [1.807, 2.05) is 18.2 Å². The Kier molecular flexibility index (Phi) is 5.03. The molecule has 0 unspecified atom stereocenters. The molecule has 4 rings (SSSR count). The lowest BCUT2D eigenvalue weighted by Crippen LogP contribution is -2.64. The Bertz CT molecular complexity index is 788. The van der Waals surface area contributed by atoms with Gasteiger partial charge in [-0.1, -0.05) is 18.2 Å². The Labute approximate surface area is 158 Å². The van der Waals surface area contributed by atoms with Gasteiger partial charge in [-0.25, -0.2) is 4.39 Å². The van der Waals surface area contributed by atoms with E-state index in [2.05, 4.69) is 25.7 Å². The molecule has 2 aliphatic heterocycles. The molecule has 2 N–H and O–H groups in total. The summed E-state index contributed by atoms with van der Waals surface area (Å²) in [4.78, 5) is 15.2. The van der Waals surface area contributed by atoms with E-state index in [1.54, 1.807) is 18.3 Å². The van der Waals surface area contributed by atoms with Crippen LogP contribution in [0.15, 0.2) is 42.6 Å². The van der Waals surface area contributed by atoms with Crippen molar-refractivity contribution >= 4 is 11.7 Å². The second-order valence-electron chi connectivity index (χ2n) is 7.47. The zero-order valence-electron chi connectivity index (χ0n) is 15.2. The van der Waals surface area contributed by atoms with Gasteiger partial charge in [-0.2, -0.15) is 5.10 Å². The summed E-state index contributed by atoms with van der Waals surface area (Å²) in [5.74, 6) is 0.665. The number of nitrogens with zero attached hydrogens (tertiary/aromatic N) is 3. The monoisotopic (exact) mass is 369 g/mol. The minimum atomic E-state index is -0.551. The van der Waals surface area contributed by atoms with Crippen LogP contribution in [0, 0.1) is 11.2 Å². The topological polar surface area (TPSA) is 70.2 Å². The van der Waals surface area contributed by atoms with Crippen LogP contribution in [-0.2, 0) is 11.2 Å². The van der Waals surface area contributed by atoms with Gasteiger partial charge in [0.15, 0.2) is 5.82 Å². The fraction of sp³-hybridized carbons (Fsp3) is 0.450. The highest BCUT2D eigenvalue weighted by molar-refractivity contribution is 5.85. The van der Waals surface area contributed by atoms with Crippen LogP contribution in [0.3, 0.4) is 0 Å². The highest BCUT2D eigenvalue weighted by Gasteiger charge is 2.45. The first-order valence-electron chi connectivity index (χ1n) is 9.44. The van der Waals surface area contributed by atoms with Crippen LogP contribution < -0.4 is 15.5 Å². The number of piperidine rings is 1. The fourth-order valence-corrected chi connectivity index (χ4v) is 3.85. The van der Waals surface area contributed by atoms with Gasteiger partial charge < -0.3 is 15.5 Å². The Hall–Kier alpha value is -2.54. The number of carbonyl (C=O) groups excluding carboxylic acids is 1. The Morgan fingerprint density at radius 2 is 2.00 bits per heavy atom. The Balaban J connectivity index is 1.35. The third kappa shape index (κ3) is 3.78. The Morgan fingerprint density at radius 3 is 2.63 bits per heavy atom. The van der Waals surface area contributed by atoms with E-state index in [1.165, 1.54) is 6.07 Å². The molecule has 1 aromatic heterocycles. The highest BCUT2D eigenvalue weighted by Crippen LogP contribution is 2.30. The van der Waals surface area contributed by atoms with Gasteiger partial charge in [0.05, 0.1) is 5.41 Å². The van der Waals surface area contributed by atoms with Gasteiger partial charge in [-0.05, 0) is 43.0 Å². The average Bonchev–Trinajstić information content (AvgIpc) is 2.67. The predicted molar refractivity (Wildman–Crippen MR) is 101 cm³/mol. The number of hydrogen-bond donors (Lipinski definition) is 2. The summed E-state index contributed by atoms with van der Waals surface area (Å²) in [6.07, 6.45) is 3.83. The molecular formula is C20H24FN5O. The van der Waals surface area contributed by atoms with Gasteiger partial charge in [-0.15, -0.1) is 5.10 Å². The van der Waals surface area contributed by atoms with Crippen molar-refractivity contribution in [1.82, 2.24) is 20.8 Å². The number of amides is 1. The first-order chi connectivity index (χ1) is 13.2. The van der Waals surface area contributed by atoms with E-state index in [4.69, 9.17) is 0 Å². The van der Waals surface area contributed by atoms with Crippen LogP contribution >= 0.6 is 0 Å². The summed E-state index contributed by atoms with van der Waals surface area (Å²) >= 11 is 0. The normalized spacial score (nSPS) is 19.4. The maximum Gasteiger partial charge on any atom is 0.229 e. The fourth-order valence-electron chi connectivity index (χ4n) is 3.85. The zero-order valence-corrected chi connectivity index (χ0v) is 15.2. The molecule has 27 heavy (non-hydrogen) atoms. The van der Waals surface area contributed by atoms with Crippen molar-refractivity contribution in [3.05, 3.63) is 54.0 Å². The van der Waals surface area contributed by atoms with Crippen molar-refractivity contribution in [2.45, 2.75) is 25.3 Å². The lowest BCUT2D eigenvalue weighted by Gasteiger charge is -2.43. The second-order valence-corrected chi connectivity index (χ2v) is 7.47. The quantitative estimate of drug-likeness (QED) is 0.837.